The zero-order valence-electron chi connectivity index (χ0n) is 12.6. The number of nitrogens with zero attached hydrogens (tertiary/aromatic N) is 2. The Morgan fingerprint density at radius 2 is 1.64 bits per heavy atom. The van der Waals surface area contributed by atoms with Crippen LogP contribution in [0.15, 0.2) is 77.9 Å². The Morgan fingerprint density at radius 1 is 1.05 bits per heavy atom. The molecule has 0 spiro atoms. The fraction of sp³-hybridized carbons (Fsp3) is 0.111. The first-order valence-corrected chi connectivity index (χ1v) is 8.11. The van der Waals surface area contributed by atoms with E-state index in [0.29, 0.717) is 5.56 Å². The van der Waals surface area contributed by atoms with E-state index < -0.39 is 0 Å². The molecule has 0 amide bonds. The summed E-state index contributed by atoms with van der Waals surface area (Å²) in [5, 5.41) is 0.823. The Balaban J connectivity index is 2.09. The SMILES string of the molecule is CSC(=Nc1ccccc1)N(C)/C=C/C(=O)c1ccccc1. The fourth-order valence-electron chi connectivity index (χ4n) is 1.82. The number of hydrogen-bond acceptors (Lipinski definition) is 3. The lowest BCUT2D eigenvalue weighted by Gasteiger charge is -2.14. The highest BCUT2D eigenvalue weighted by Crippen LogP contribution is 2.15. The molecule has 0 unspecified atom stereocenters. The average molecular weight is 310 g/mol. The van der Waals surface area contributed by atoms with E-state index >= 15 is 0 Å². The van der Waals surface area contributed by atoms with Gasteiger partial charge in [0, 0.05) is 24.9 Å². The number of amidine groups is 1. The minimum absolute atomic E-state index is 0.0207. The largest absolute Gasteiger partial charge is 0.331 e. The van der Waals surface area contributed by atoms with Crippen molar-refractivity contribution < 1.29 is 4.79 Å². The van der Waals surface area contributed by atoms with E-state index in [-0.39, 0.29) is 5.78 Å². The van der Waals surface area contributed by atoms with Crippen molar-refractivity contribution in [2.24, 2.45) is 4.99 Å². The van der Waals surface area contributed by atoms with Crippen molar-refractivity contribution in [3.8, 4) is 0 Å². The molecule has 112 valence electrons. The lowest BCUT2D eigenvalue weighted by molar-refractivity contribution is 0.104. The molecule has 2 aromatic carbocycles. The second-order valence-corrected chi connectivity index (χ2v) is 5.36. The number of aliphatic imine (C=N–C) groups is 1. The third-order valence-corrected chi connectivity index (χ3v) is 3.72. The van der Waals surface area contributed by atoms with E-state index in [9.17, 15) is 4.79 Å². The minimum Gasteiger partial charge on any atom is -0.331 e. The van der Waals surface area contributed by atoms with Crippen molar-refractivity contribution in [2.45, 2.75) is 0 Å². The first-order valence-electron chi connectivity index (χ1n) is 6.89. The smallest absolute Gasteiger partial charge is 0.187 e. The first-order chi connectivity index (χ1) is 10.7. The summed E-state index contributed by atoms with van der Waals surface area (Å²) in [7, 11) is 1.88. The maximum atomic E-state index is 12.1. The number of rotatable bonds is 4. The van der Waals surface area contributed by atoms with Gasteiger partial charge in [-0.15, -0.1) is 0 Å². The second kappa shape index (κ2) is 8.20. The van der Waals surface area contributed by atoms with Gasteiger partial charge in [-0.25, -0.2) is 4.99 Å². The third kappa shape index (κ3) is 4.60. The lowest BCUT2D eigenvalue weighted by Crippen LogP contribution is -2.17. The van der Waals surface area contributed by atoms with Crippen LogP contribution in [0.25, 0.3) is 0 Å². The average Bonchev–Trinajstić information content (AvgIpc) is 2.59. The lowest BCUT2D eigenvalue weighted by atomic mass is 10.1. The maximum Gasteiger partial charge on any atom is 0.187 e. The molecule has 0 aliphatic heterocycles. The molecule has 0 saturated heterocycles. The Morgan fingerprint density at radius 3 is 2.23 bits per heavy atom. The van der Waals surface area contributed by atoms with Crippen LogP contribution in [0.2, 0.25) is 0 Å². The molecular formula is C18H18N2OS. The Bertz CT molecular complexity index is 666. The minimum atomic E-state index is -0.0207. The van der Waals surface area contributed by atoms with Crippen molar-refractivity contribution in [2.75, 3.05) is 13.3 Å². The Labute approximate surface area is 135 Å². The quantitative estimate of drug-likeness (QED) is 0.364. The summed E-state index contributed by atoms with van der Waals surface area (Å²) in [4.78, 5) is 18.5. The first kappa shape index (κ1) is 16.0. The van der Waals surface area contributed by atoms with Crippen molar-refractivity contribution in [1.82, 2.24) is 4.90 Å². The summed E-state index contributed by atoms with van der Waals surface area (Å²) >= 11 is 1.53. The van der Waals surface area contributed by atoms with Crippen LogP contribution in [-0.4, -0.2) is 29.2 Å². The maximum absolute atomic E-state index is 12.1. The summed E-state index contributed by atoms with van der Waals surface area (Å²) in [5.74, 6) is -0.0207. The van der Waals surface area contributed by atoms with E-state index in [4.69, 9.17) is 0 Å². The number of allylic oxidation sites excluding steroid dienone is 1. The van der Waals surface area contributed by atoms with Gasteiger partial charge in [-0.1, -0.05) is 60.3 Å². The van der Waals surface area contributed by atoms with E-state index in [2.05, 4.69) is 4.99 Å². The van der Waals surface area contributed by atoms with Gasteiger partial charge in [-0.05, 0) is 18.4 Å². The van der Waals surface area contributed by atoms with Crippen LogP contribution >= 0.6 is 11.8 Å². The van der Waals surface area contributed by atoms with Gasteiger partial charge in [0.05, 0.1) is 5.69 Å². The summed E-state index contributed by atoms with van der Waals surface area (Å²) in [6.07, 6.45) is 5.27. The Hall–Kier alpha value is -2.33. The van der Waals surface area contributed by atoms with E-state index in [1.54, 1.807) is 24.4 Å². The molecule has 2 rings (SSSR count). The monoisotopic (exact) mass is 310 g/mol. The van der Waals surface area contributed by atoms with E-state index in [1.807, 2.05) is 66.7 Å². The normalized spacial score (nSPS) is 11.6. The summed E-state index contributed by atoms with van der Waals surface area (Å²) in [6, 6.07) is 19.0. The highest BCUT2D eigenvalue weighted by atomic mass is 32.2. The summed E-state index contributed by atoms with van der Waals surface area (Å²) < 4.78 is 0. The van der Waals surface area contributed by atoms with Gasteiger partial charge in [-0.3, -0.25) is 4.79 Å². The van der Waals surface area contributed by atoms with Crippen molar-refractivity contribution >= 4 is 28.4 Å². The second-order valence-electron chi connectivity index (χ2n) is 4.59. The van der Waals surface area contributed by atoms with Gasteiger partial charge >= 0.3 is 0 Å². The van der Waals surface area contributed by atoms with Crippen molar-refractivity contribution in [1.29, 1.82) is 0 Å². The summed E-state index contributed by atoms with van der Waals surface area (Å²) in [6.45, 7) is 0. The van der Waals surface area contributed by atoms with Crippen LogP contribution in [0.1, 0.15) is 10.4 Å². The highest BCUT2D eigenvalue weighted by Gasteiger charge is 2.04. The number of thioether (sulfide) groups is 1. The zero-order valence-corrected chi connectivity index (χ0v) is 13.5. The summed E-state index contributed by atoms with van der Waals surface area (Å²) in [5.41, 5.74) is 1.57. The number of carbonyl (C=O) groups excluding carboxylic acids is 1. The number of ketones is 1. The molecule has 0 saturated carbocycles. The molecular weight excluding hydrogens is 292 g/mol. The van der Waals surface area contributed by atoms with Crippen LogP contribution in [0.3, 0.4) is 0 Å². The van der Waals surface area contributed by atoms with E-state index in [0.717, 1.165) is 10.9 Å². The van der Waals surface area contributed by atoms with Crippen LogP contribution in [0.4, 0.5) is 5.69 Å². The van der Waals surface area contributed by atoms with Crippen LogP contribution in [0.5, 0.6) is 0 Å². The molecule has 0 aromatic heterocycles. The van der Waals surface area contributed by atoms with Gasteiger partial charge in [-0.2, -0.15) is 0 Å². The topological polar surface area (TPSA) is 32.7 Å². The standard InChI is InChI=1S/C18H18N2OS/c1-20(14-13-17(21)15-9-5-3-6-10-15)18(22-2)19-16-11-7-4-8-12-16/h3-14H,1-2H3/b14-13+,19-18?. The van der Waals surface area contributed by atoms with Gasteiger partial charge in [0.2, 0.25) is 0 Å². The van der Waals surface area contributed by atoms with Crippen LogP contribution in [0, 0.1) is 0 Å². The molecule has 22 heavy (non-hydrogen) atoms. The number of para-hydroxylation sites is 1. The molecule has 0 bridgehead atoms. The molecule has 4 heteroatoms. The zero-order chi connectivity index (χ0) is 15.8. The van der Waals surface area contributed by atoms with Crippen LogP contribution < -0.4 is 0 Å². The molecule has 0 atom stereocenters. The number of benzene rings is 2. The third-order valence-electron chi connectivity index (χ3n) is 2.97. The predicted octanol–water partition coefficient (Wildman–Crippen LogP) is 4.37. The molecule has 0 aliphatic carbocycles. The van der Waals surface area contributed by atoms with E-state index in [1.165, 1.54) is 11.8 Å². The molecule has 0 aliphatic rings. The van der Waals surface area contributed by atoms with Crippen LogP contribution in [-0.2, 0) is 0 Å². The van der Waals surface area contributed by atoms with Gasteiger partial charge in [0.25, 0.3) is 0 Å². The molecule has 0 heterocycles. The molecule has 2 aromatic rings. The highest BCUT2D eigenvalue weighted by molar-refractivity contribution is 8.13. The van der Waals surface area contributed by atoms with Gasteiger partial charge in [0.15, 0.2) is 11.0 Å². The molecule has 0 N–H and O–H groups in total. The number of hydrogen-bond donors (Lipinski definition) is 0. The van der Waals surface area contributed by atoms with Crippen molar-refractivity contribution in [3.05, 3.63) is 78.5 Å². The molecule has 0 fully saturated rings. The van der Waals surface area contributed by atoms with Gasteiger partial charge < -0.3 is 4.90 Å². The van der Waals surface area contributed by atoms with Crippen molar-refractivity contribution in [3.63, 3.8) is 0 Å². The number of carbonyl (C=O) groups is 1. The fourth-order valence-corrected chi connectivity index (χ4v) is 2.37. The molecule has 0 radical (unpaired) electrons. The molecule has 3 nitrogen and oxygen atoms in total. The Kier molecular flexibility index (Phi) is 5.98. The predicted molar refractivity (Wildman–Crippen MR) is 94.7 cm³/mol. The van der Waals surface area contributed by atoms with Gasteiger partial charge in [0.1, 0.15) is 0 Å².